The maximum absolute atomic E-state index is 10.3. The van der Waals surface area contributed by atoms with Gasteiger partial charge in [-0.3, -0.25) is 0 Å². The quantitative estimate of drug-likeness (QED) is 0.219. The maximum atomic E-state index is 10.3. The third-order valence-electron chi connectivity index (χ3n) is 3.76. The Morgan fingerprint density at radius 2 is 1.41 bits per heavy atom. The van der Waals surface area contributed by atoms with E-state index in [1.807, 2.05) is 0 Å². The van der Waals surface area contributed by atoms with Crippen molar-refractivity contribution < 1.29 is 50.4 Å². The molecule has 10 nitrogen and oxygen atoms in total. The van der Waals surface area contributed by atoms with E-state index < -0.39 is 61.0 Å². The molecule has 10 heteroatoms. The Bertz CT molecular complexity index is 366. The summed E-state index contributed by atoms with van der Waals surface area (Å²) in [5.74, 6) is 0. The van der Waals surface area contributed by atoms with E-state index in [0.29, 0.717) is 0 Å². The van der Waals surface area contributed by atoms with Gasteiger partial charge in [-0.15, -0.1) is 0 Å². The van der Waals surface area contributed by atoms with E-state index in [1.54, 1.807) is 0 Å². The fourth-order valence-electron chi connectivity index (χ4n) is 2.25. The van der Waals surface area contributed by atoms with Crippen molar-refractivity contribution in [1.29, 1.82) is 0 Å². The monoisotopic (exact) mass is 326 g/mol. The zero-order valence-corrected chi connectivity index (χ0v) is 11.7. The molecule has 1 heterocycles. The molecule has 0 aromatic rings. The van der Waals surface area contributed by atoms with Crippen LogP contribution in [0, 0.1) is 0 Å². The molecule has 0 spiro atoms. The van der Waals surface area contributed by atoms with Gasteiger partial charge in [0.2, 0.25) is 0 Å². The van der Waals surface area contributed by atoms with Crippen molar-refractivity contribution in [3.05, 3.63) is 0 Å². The number of aldehydes is 1. The average Bonchev–Trinajstić information content (AvgIpc) is 2.52. The van der Waals surface area contributed by atoms with E-state index >= 15 is 0 Å². The summed E-state index contributed by atoms with van der Waals surface area (Å²) in [5.41, 5.74) is 0. The molecular formula is C12H22O10. The fourth-order valence-corrected chi connectivity index (χ4v) is 2.25. The number of carbonyl (C=O) groups is 1. The second-order valence-electron chi connectivity index (χ2n) is 5.37. The molecule has 10 atom stereocenters. The Balaban J connectivity index is 2.81. The summed E-state index contributed by atoms with van der Waals surface area (Å²) in [6, 6.07) is 0. The molecule has 2 unspecified atom stereocenters. The molecule has 1 fully saturated rings. The van der Waals surface area contributed by atoms with Crippen molar-refractivity contribution in [2.75, 3.05) is 0 Å². The summed E-state index contributed by atoms with van der Waals surface area (Å²) in [5, 5.41) is 76.8. The van der Waals surface area contributed by atoms with Gasteiger partial charge in [-0.05, 0) is 6.92 Å². The molecule has 1 rings (SSSR count). The number of hydrogen-bond donors (Lipinski definition) is 8. The van der Waals surface area contributed by atoms with E-state index in [-0.39, 0.29) is 6.29 Å². The first-order chi connectivity index (χ1) is 10.1. The molecule has 22 heavy (non-hydrogen) atoms. The van der Waals surface area contributed by atoms with Crippen LogP contribution in [0.25, 0.3) is 0 Å². The van der Waals surface area contributed by atoms with Crippen LogP contribution in [-0.4, -0.2) is 108 Å². The van der Waals surface area contributed by atoms with Gasteiger partial charge < -0.3 is 50.4 Å². The van der Waals surface area contributed by atoms with E-state index in [2.05, 4.69) is 0 Å². The van der Waals surface area contributed by atoms with Gasteiger partial charge in [0.05, 0.1) is 6.10 Å². The lowest BCUT2D eigenvalue weighted by Gasteiger charge is -2.42. The maximum Gasteiger partial charge on any atom is 0.151 e. The second-order valence-corrected chi connectivity index (χ2v) is 5.37. The first kappa shape index (κ1) is 19.4. The van der Waals surface area contributed by atoms with Gasteiger partial charge in [-0.2, -0.15) is 0 Å². The summed E-state index contributed by atoms with van der Waals surface area (Å²) in [6.07, 6.45) is -17.7. The highest BCUT2D eigenvalue weighted by molar-refractivity contribution is 5.56. The lowest BCUT2D eigenvalue weighted by atomic mass is 9.88. The number of ether oxygens (including phenoxy) is 1. The second kappa shape index (κ2) is 7.73. The van der Waals surface area contributed by atoms with Crippen LogP contribution in [0.15, 0.2) is 0 Å². The highest BCUT2D eigenvalue weighted by atomic mass is 16.5. The minimum Gasteiger partial charge on any atom is -0.388 e. The van der Waals surface area contributed by atoms with E-state index in [1.165, 1.54) is 6.92 Å². The molecule has 130 valence electrons. The number of carbonyl (C=O) groups excluding carboxylic acids is 1. The minimum absolute atomic E-state index is 0.0683. The SMILES string of the molecule is C[C@H]1OC(C(O)[C@@H](O)[C@@H](O)[C@H](O)[C@@H](O)C=O)[C@@H](O)[C@@H](O)[C@@H]1O. The first-order valence-electron chi connectivity index (χ1n) is 6.68. The molecule has 0 saturated carbocycles. The largest absolute Gasteiger partial charge is 0.388 e. The van der Waals surface area contributed by atoms with E-state index in [4.69, 9.17) is 9.84 Å². The molecular weight excluding hydrogens is 304 g/mol. The van der Waals surface area contributed by atoms with Crippen molar-refractivity contribution in [1.82, 2.24) is 0 Å². The lowest BCUT2D eigenvalue weighted by molar-refractivity contribution is -0.255. The number of aliphatic hydroxyl groups is 8. The lowest BCUT2D eigenvalue weighted by Crippen LogP contribution is -2.63. The van der Waals surface area contributed by atoms with Gasteiger partial charge in [0, 0.05) is 0 Å². The Kier molecular flexibility index (Phi) is 6.80. The Labute approximate surface area is 125 Å². The van der Waals surface area contributed by atoms with Crippen molar-refractivity contribution in [3.63, 3.8) is 0 Å². The molecule has 0 bridgehead atoms. The van der Waals surface area contributed by atoms with Gasteiger partial charge in [-0.1, -0.05) is 0 Å². The topological polar surface area (TPSA) is 188 Å². The van der Waals surface area contributed by atoms with Crippen LogP contribution >= 0.6 is 0 Å². The zero-order chi connectivity index (χ0) is 17.2. The normalized spacial score (nSPS) is 39.6. The smallest absolute Gasteiger partial charge is 0.151 e. The van der Waals surface area contributed by atoms with Gasteiger partial charge >= 0.3 is 0 Å². The molecule has 0 amide bonds. The van der Waals surface area contributed by atoms with Gasteiger partial charge in [0.1, 0.15) is 54.9 Å². The van der Waals surface area contributed by atoms with Crippen LogP contribution in [0.5, 0.6) is 0 Å². The molecule has 1 aliphatic heterocycles. The first-order valence-corrected chi connectivity index (χ1v) is 6.68. The van der Waals surface area contributed by atoms with Crippen LogP contribution in [0.1, 0.15) is 6.92 Å². The molecule has 0 radical (unpaired) electrons. The summed E-state index contributed by atoms with van der Waals surface area (Å²) in [4.78, 5) is 10.3. The van der Waals surface area contributed by atoms with Crippen molar-refractivity contribution in [2.24, 2.45) is 0 Å². The van der Waals surface area contributed by atoms with Gasteiger partial charge in [-0.25, -0.2) is 0 Å². The predicted molar refractivity (Wildman–Crippen MR) is 68.5 cm³/mol. The fraction of sp³-hybridized carbons (Fsp3) is 0.917. The number of rotatable bonds is 6. The van der Waals surface area contributed by atoms with Crippen molar-refractivity contribution in [2.45, 2.75) is 68.0 Å². The standard InChI is InChI=1S/C12H22O10/c1-3-5(15)7(17)10(20)12(22-3)11(21)9(19)8(18)6(16)4(14)2-13/h2-12,14-21H,1H3/t3-,4+,5-,6-,7+,8+,9+,10+,11?,12?/m1/s1. The third kappa shape index (κ3) is 3.79. The van der Waals surface area contributed by atoms with Gasteiger partial charge in [0.15, 0.2) is 6.29 Å². The van der Waals surface area contributed by atoms with Crippen molar-refractivity contribution in [3.8, 4) is 0 Å². The Morgan fingerprint density at radius 1 is 0.864 bits per heavy atom. The predicted octanol–water partition coefficient (Wildman–Crippen LogP) is -5.14. The van der Waals surface area contributed by atoms with Crippen LogP contribution in [-0.2, 0) is 9.53 Å². The van der Waals surface area contributed by atoms with E-state index in [0.717, 1.165) is 0 Å². The van der Waals surface area contributed by atoms with Crippen LogP contribution in [0.3, 0.4) is 0 Å². The molecule has 1 aliphatic rings. The molecule has 0 aliphatic carbocycles. The van der Waals surface area contributed by atoms with Crippen LogP contribution in [0.2, 0.25) is 0 Å². The van der Waals surface area contributed by atoms with Crippen LogP contribution in [0.4, 0.5) is 0 Å². The van der Waals surface area contributed by atoms with Gasteiger partial charge in [0.25, 0.3) is 0 Å². The molecule has 0 aromatic carbocycles. The summed E-state index contributed by atoms with van der Waals surface area (Å²) in [6.45, 7) is 1.35. The molecule has 8 N–H and O–H groups in total. The summed E-state index contributed by atoms with van der Waals surface area (Å²) >= 11 is 0. The average molecular weight is 326 g/mol. The summed E-state index contributed by atoms with van der Waals surface area (Å²) in [7, 11) is 0. The molecule has 1 saturated heterocycles. The Hall–Kier alpha value is -0.690. The van der Waals surface area contributed by atoms with E-state index in [9.17, 15) is 40.5 Å². The van der Waals surface area contributed by atoms with Crippen molar-refractivity contribution >= 4 is 6.29 Å². The number of aliphatic hydroxyl groups excluding tert-OH is 8. The van der Waals surface area contributed by atoms with Crippen LogP contribution < -0.4 is 0 Å². The summed E-state index contributed by atoms with van der Waals surface area (Å²) < 4.78 is 5.09. The highest BCUT2D eigenvalue weighted by Gasteiger charge is 2.48. The minimum atomic E-state index is -2.12. The highest BCUT2D eigenvalue weighted by Crippen LogP contribution is 2.25. The molecule has 0 aromatic heterocycles. The number of hydrogen-bond acceptors (Lipinski definition) is 10. The Morgan fingerprint density at radius 3 is 1.91 bits per heavy atom. The third-order valence-corrected chi connectivity index (χ3v) is 3.76. The zero-order valence-electron chi connectivity index (χ0n) is 11.7.